The number of piperidine rings is 1. The summed E-state index contributed by atoms with van der Waals surface area (Å²) in [4.78, 5) is 32.4. The van der Waals surface area contributed by atoms with Crippen molar-refractivity contribution in [3.63, 3.8) is 0 Å². The summed E-state index contributed by atoms with van der Waals surface area (Å²) in [7, 11) is 1.97. The van der Waals surface area contributed by atoms with Crippen molar-refractivity contribution in [1.29, 1.82) is 0 Å². The van der Waals surface area contributed by atoms with Crippen LogP contribution in [0.3, 0.4) is 0 Å². The molecule has 3 aromatic rings. The Kier molecular flexibility index (Phi) is 6.95. The van der Waals surface area contributed by atoms with Gasteiger partial charge in [0.1, 0.15) is 0 Å². The molecule has 0 spiro atoms. The number of aromatic nitrogens is 2. The SMILES string of the molecule is Cn1c(CN2C[C@@H]3C[C@@H](C2)c2cccc(=O)n2C3)cc(=O)c(O)c1CN1CCN(Cc2ccccc2)CC1. The fourth-order valence-electron chi connectivity index (χ4n) is 6.64. The molecule has 0 unspecified atom stereocenters. The zero-order valence-corrected chi connectivity index (χ0v) is 22.1. The number of pyridine rings is 2. The van der Waals surface area contributed by atoms with Gasteiger partial charge in [-0.3, -0.25) is 24.3 Å². The standard InChI is InChI=1S/C30H37N5O3/c1-31-25(20-34-17-23-14-24(19-34)26-8-5-9-29(37)35(26)18-23)15-28(36)30(38)27(31)21-33-12-10-32(11-13-33)16-22-6-3-2-4-7-22/h2-9,15,23-24,38H,10-14,16-21H2,1H3/t23-,24-/m0/s1. The Morgan fingerprint density at radius 3 is 2.32 bits per heavy atom. The van der Waals surface area contributed by atoms with Crippen LogP contribution in [0.4, 0.5) is 0 Å². The predicted molar refractivity (Wildman–Crippen MR) is 147 cm³/mol. The van der Waals surface area contributed by atoms with E-state index >= 15 is 0 Å². The zero-order chi connectivity index (χ0) is 26.2. The third-order valence-electron chi connectivity index (χ3n) is 8.67. The number of hydrogen-bond acceptors (Lipinski definition) is 6. The maximum Gasteiger partial charge on any atom is 0.250 e. The molecule has 0 amide bonds. The summed E-state index contributed by atoms with van der Waals surface area (Å²) in [6.45, 7) is 8.44. The lowest BCUT2D eigenvalue weighted by Gasteiger charge is -2.43. The first-order valence-electron chi connectivity index (χ1n) is 13.8. The fraction of sp³-hybridized carbons (Fsp3) is 0.467. The van der Waals surface area contributed by atoms with Gasteiger partial charge in [0.25, 0.3) is 5.56 Å². The summed E-state index contributed by atoms with van der Waals surface area (Å²) in [5.74, 6) is 0.631. The highest BCUT2D eigenvalue weighted by Gasteiger charge is 2.34. The smallest absolute Gasteiger partial charge is 0.250 e. The van der Waals surface area contributed by atoms with E-state index < -0.39 is 0 Å². The number of piperazine rings is 1. The molecular formula is C30H37N5O3. The van der Waals surface area contributed by atoms with E-state index in [2.05, 4.69) is 45.0 Å². The lowest BCUT2D eigenvalue weighted by Crippen LogP contribution is -2.47. The van der Waals surface area contributed by atoms with Gasteiger partial charge in [-0.25, -0.2) is 0 Å². The van der Waals surface area contributed by atoms with Crippen molar-refractivity contribution in [1.82, 2.24) is 23.8 Å². The van der Waals surface area contributed by atoms with Gasteiger partial charge in [-0.05, 0) is 24.0 Å². The number of fused-ring (bicyclic) bond motifs is 4. The highest BCUT2D eigenvalue weighted by atomic mass is 16.3. The molecule has 2 fully saturated rings. The van der Waals surface area contributed by atoms with Crippen molar-refractivity contribution in [3.05, 3.63) is 97.8 Å². The fourth-order valence-corrected chi connectivity index (χ4v) is 6.64. The van der Waals surface area contributed by atoms with Gasteiger partial charge >= 0.3 is 0 Å². The van der Waals surface area contributed by atoms with Crippen LogP contribution >= 0.6 is 0 Å². The normalized spacial score (nSPS) is 22.3. The topological polar surface area (TPSA) is 73.9 Å². The molecule has 0 saturated carbocycles. The number of hydrogen-bond donors (Lipinski definition) is 1. The lowest BCUT2D eigenvalue weighted by atomic mass is 9.83. The van der Waals surface area contributed by atoms with Crippen LogP contribution in [0.2, 0.25) is 0 Å². The Morgan fingerprint density at radius 1 is 0.816 bits per heavy atom. The van der Waals surface area contributed by atoms with E-state index in [0.29, 0.717) is 30.6 Å². The van der Waals surface area contributed by atoms with Crippen LogP contribution in [0.15, 0.2) is 64.2 Å². The Hall–Kier alpha value is -3.20. The number of nitrogens with zero attached hydrogens (tertiary/aromatic N) is 5. The molecule has 6 rings (SSSR count). The van der Waals surface area contributed by atoms with Crippen molar-refractivity contribution >= 4 is 0 Å². The predicted octanol–water partition coefficient (Wildman–Crippen LogP) is 2.19. The zero-order valence-electron chi connectivity index (χ0n) is 22.1. The van der Waals surface area contributed by atoms with Crippen molar-refractivity contribution in [2.45, 2.75) is 38.5 Å². The first-order chi connectivity index (χ1) is 18.4. The molecule has 2 atom stereocenters. The molecule has 8 heteroatoms. The third-order valence-corrected chi connectivity index (χ3v) is 8.67. The lowest BCUT2D eigenvalue weighted by molar-refractivity contribution is 0.110. The summed E-state index contributed by atoms with van der Waals surface area (Å²) in [6, 6.07) is 17.7. The van der Waals surface area contributed by atoms with Gasteiger partial charge in [-0.15, -0.1) is 0 Å². The molecule has 0 radical (unpaired) electrons. The number of rotatable bonds is 6. The van der Waals surface area contributed by atoms with Crippen molar-refractivity contribution in [2.75, 3.05) is 39.3 Å². The summed E-state index contributed by atoms with van der Waals surface area (Å²) in [5, 5.41) is 10.7. The van der Waals surface area contributed by atoms with E-state index in [-0.39, 0.29) is 16.7 Å². The summed E-state index contributed by atoms with van der Waals surface area (Å²) >= 11 is 0. The summed E-state index contributed by atoms with van der Waals surface area (Å²) in [5.41, 5.74) is 3.87. The quantitative estimate of drug-likeness (QED) is 0.543. The molecule has 1 aromatic carbocycles. The molecular weight excluding hydrogens is 478 g/mol. The Balaban J connectivity index is 1.13. The largest absolute Gasteiger partial charge is 0.503 e. The highest BCUT2D eigenvalue weighted by Crippen LogP contribution is 2.35. The Labute approximate surface area is 223 Å². The van der Waals surface area contributed by atoms with E-state index in [9.17, 15) is 14.7 Å². The molecule has 3 aliphatic heterocycles. The Morgan fingerprint density at radius 2 is 1.55 bits per heavy atom. The number of likely N-dealkylation sites (tertiary alicyclic amines) is 1. The van der Waals surface area contributed by atoms with Crippen molar-refractivity contribution in [2.24, 2.45) is 13.0 Å². The summed E-state index contributed by atoms with van der Waals surface area (Å²) in [6.07, 6.45) is 1.11. The minimum Gasteiger partial charge on any atom is -0.503 e. The van der Waals surface area contributed by atoms with Gasteiger partial charge in [0.15, 0.2) is 5.75 Å². The molecule has 38 heavy (non-hydrogen) atoms. The highest BCUT2D eigenvalue weighted by molar-refractivity contribution is 5.30. The molecule has 3 aliphatic rings. The molecule has 5 heterocycles. The maximum absolute atomic E-state index is 12.8. The van der Waals surface area contributed by atoms with E-state index in [0.717, 1.165) is 70.2 Å². The van der Waals surface area contributed by atoms with Crippen molar-refractivity contribution in [3.8, 4) is 5.75 Å². The molecule has 2 bridgehead atoms. The monoisotopic (exact) mass is 515 g/mol. The molecule has 0 aliphatic carbocycles. The molecule has 200 valence electrons. The minimum atomic E-state index is -0.301. The van der Waals surface area contributed by atoms with Gasteiger partial charge < -0.3 is 14.2 Å². The molecule has 8 nitrogen and oxygen atoms in total. The van der Waals surface area contributed by atoms with E-state index in [4.69, 9.17) is 0 Å². The molecule has 1 N–H and O–H groups in total. The van der Waals surface area contributed by atoms with Crippen LogP contribution in [0.25, 0.3) is 0 Å². The van der Waals surface area contributed by atoms with E-state index in [1.165, 1.54) is 5.56 Å². The molecule has 2 aromatic heterocycles. The van der Waals surface area contributed by atoms with E-state index in [1.807, 2.05) is 28.3 Å². The van der Waals surface area contributed by atoms with Crippen LogP contribution in [0.1, 0.15) is 35.0 Å². The van der Waals surface area contributed by atoms with Gasteiger partial charge in [0.2, 0.25) is 5.43 Å². The average Bonchev–Trinajstić information content (AvgIpc) is 2.92. The van der Waals surface area contributed by atoms with Crippen LogP contribution in [-0.4, -0.2) is 68.2 Å². The first-order valence-corrected chi connectivity index (χ1v) is 13.8. The van der Waals surface area contributed by atoms with Gasteiger partial charge in [0.05, 0.1) is 5.69 Å². The van der Waals surface area contributed by atoms with Gasteiger partial charge in [0, 0.05) is 102 Å². The Bertz CT molecular complexity index is 1410. The van der Waals surface area contributed by atoms with Crippen molar-refractivity contribution < 1.29 is 5.11 Å². The van der Waals surface area contributed by atoms with E-state index in [1.54, 1.807) is 12.1 Å². The molecule has 2 saturated heterocycles. The number of aromatic hydroxyl groups is 1. The van der Waals surface area contributed by atoms with Crippen LogP contribution in [0.5, 0.6) is 5.75 Å². The van der Waals surface area contributed by atoms with Crippen LogP contribution < -0.4 is 11.0 Å². The number of benzene rings is 1. The van der Waals surface area contributed by atoms with Gasteiger partial charge in [-0.1, -0.05) is 36.4 Å². The van der Waals surface area contributed by atoms with Gasteiger partial charge in [-0.2, -0.15) is 0 Å². The second-order valence-electron chi connectivity index (χ2n) is 11.3. The third kappa shape index (κ3) is 5.08. The first kappa shape index (κ1) is 25.1. The maximum atomic E-state index is 12.8. The summed E-state index contributed by atoms with van der Waals surface area (Å²) < 4.78 is 3.97. The van der Waals surface area contributed by atoms with Crippen LogP contribution in [-0.2, 0) is 33.2 Å². The minimum absolute atomic E-state index is 0.0946. The second-order valence-corrected chi connectivity index (χ2v) is 11.3. The average molecular weight is 516 g/mol. The second kappa shape index (κ2) is 10.5. The van der Waals surface area contributed by atoms with Crippen LogP contribution in [0, 0.1) is 5.92 Å².